The molecule has 0 fully saturated rings. The lowest BCUT2D eigenvalue weighted by Gasteiger charge is -2.26. The molecule has 0 radical (unpaired) electrons. The number of rotatable bonds is 10. The van der Waals surface area contributed by atoms with Crippen LogP contribution in [0.3, 0.4) is 0 Å². The van der Waals surface area contributed by atoms with Gasteiger partial charge in [0, 0.05) is 58.1 Å². The second-order valence-corrected chi connectivity index (χ2v) is 9.19. The molecule has 0 saturated heterocycles. The molecule has 4 aromatic carbocycles. The van der Waals surface area contributed by atoms with Gasteiger partial charge in [-0.05, 0) is 48.5 Å². The van der Waals surface area contributed by atoms with E-state index in [2.05, 4.69) is 58.3 Å². The molecule has 0 aliphatic carbocycles. The highest BCUT2D eigenvalue weighted by atomic mass is 32.2. The maximum Gasteiger partial charge on any atom is 0.0415 e. The number of nitrogens with zero attached hydrogens (tertiary/aromatic N) is 2. The first-order valence-corrected chi connectivity index (χ1v) is 12.4. The number of anilines is 4. The van der Waals surface area contributed by atoms with E-state index in [0.717, 1.165) is 22.7 Å². The Morgan fingerprint density at radius 2 is 0.688 bits per heavy atom. The van der Waals surface area contributed by atoms with Crippen molar-refractivity contribution in [3.63, 3.8) is 0 Å². The molecule has 4 heteroatoms. The van der Waals surface area contributed by atoms with Gasteiger partial charge in [0.15, 0.2) is 0 Å². The third-order valence-corrected chi connectivity index (χ3v) is 6.63. The molecule has 4 aromatic rings. The van der Waals surface area contributed by atoms with Gasteiger partial charge < -0.3 is 9.80 Å². The Morgan fingerprint density at radius 1 is 0.438 bits per heavy atom. The van der Waals surface area contributed by atoms with E-state index in [1.54, 1.807) is 0 Å². The van der Waals surface area contributed by atoms with Gasteiger partial charge in [0.05, 0.1) is 0 Å². The molecule has 0 aliphatic heterocycles. The maximum absolute atomic E-state index is 13.0. The van der Waals surface area contributed by atoms with Crippen LogP contribution >= 0.6 is 0 Å². The lowest BCUT2D eigenvalue weighted by atomic mass is 10.2. The van der Waals surface area contributed by atoms with Crippen molar-refractivity contribution < 1.29 is 4.21 Å². The normalized spacial score (nSPS) is 10.8. The molecule has 0 bridgehead atoms. The van der Waals surface area contributed by atoms with Crippen molar-refractivity contribution in [3.8, 4) is 0 Å². The molecule has 0 aromatic heterocycles. The molecule has 0 atom stereocenters. The average Bonchev–Trinajstić information content (AvgIpc) is 2.87. The third-order valence-electron chi connectivity index (χ3n) is 5.36. The van der Waals surface area contributed by atoms with Crippen LogP contribution in [0.15, 0.2) is 121 Å². The van der Waals surface area contributed by atoms with E-state index in [9.17, 15) is 4.21 Å². The summed E-state index contributed by atoms with van der Waals surface area (Å²) in [5.41, 5.74) is 4.47. The minimum absolute atomic E-state index is 0.612. The van der Waals surface area contributed by atoms with Gasteiger partial charge in [-0.1, -0.05) is 72.8 Å². The van der Waals surface area contributed by atoms with Gasteiger partial charge in [-0.25, -0.2) is 0 Å². The van der Waals surface area contributed by atoms with Crippen molar-refractivity contribution in [2.45, 2.75) is 0 Å². The van der Waals surface area contributed by atoms with Gasteiger partial charge in [0.2, 0.25) is 0 Å². The van der Waals surface area contributed by atoms with E-state index >= 15 is 0 Å². The van der Waals surface area contributed by atoms with E-state index in [1.807, 2.05) is 72.8 Å². The van der Waals surface area contributed by atoms with Crippen LogP contribution in [0.25, 0.3) is 0 Å². The van der Waals surface area contributed by atoms with Crippen LogP contribution in [0.5, 0.6) is 0 Å². The summed E-state index contributed by atoms with van der Waals surface area (Å²) in [6.07, 6.45) is 0. The molecular weight excluding hydrogens is 412 g/mol. The Morgan fingerprint density at radius 3 is 0.938 bits per heavy atom. The SMILES string of the molecule is O=S(CCN(c1ccccc1)c1ccccc1)CCN(c1ccccc1)c1ccccc1. The highest BCUT2D eigenvalue weighted by molar-refractivity contribution is 7.85. The summed E-state index contributed by atoms with van der Waals surface area (Å²) in [6.45, 7) is 1.41. The van der Waals surface area contributed by atoms with E-state index < -0.39 is 10.8 Å². The number of benzene rings is 4. The number of hydrogen-bond acceptors (Lipinski definition) is 3. The third kappa shape index (κ3) is 5.86. The van der Waals surface area contributed by atoms with E-state index in [0.29, 0.717) is 24.6 Å². The molecule has 0 aliphatic rings. The summed E-state index contributed by atoms with van der Waals surface area (Å²) in [5.74, 6) is 1.22. The van der Waals surface area contributed by atoms with Crippen LogP contribution in [0, 0.1) is 0 Å². The molecule has 3 nitrogen and oxygen atoms in total. The molecule has 32 heavy (non-hydrogen) atoms. The lowest BCUT2D eigenvalue weighted by Crippen LogP contribution is -2.27. The van der Waals surface area contributed by atoms with Crippen molar-refractivity contribution >= 4 is 33.5 Å². The van der Waals surface area contributed by atoms with E-state index in [1.165, 1.54) is 0 Å². The van der Waals surface area contributed by atoms with Gasteiger partial charge in [-0.15, -0.1) is 0 Å². The molecular formula is C28H28N2OS. The predicted octanol–water partition coefficient (Wildman–Crippen LogP) is 6.41. The molecule has 0 amide bonds. The van der Waals surface area contributed by atoms with Crippen LogP contribution in [0.4, 0.5) is 22.7 Å². The first kappa shape index (κ1) is 21.8. The molecule has 162 valence electrons. The van der Waals surface area contributed by atoms with Gasteiger partial charge >= 0.3 is 0 Å². The molecule has 4 rings (SSSR count). The molecule has 0 heterocycles. The van der Waals surface area contributed by atoms with E-state index in [-0.39, 0.29) is 0 Å². The van der Waals surface area contributed by atoms with Crippen molar-refractivity contribution in [2.75, 3.05) is 34.4 Å². The summed E-state index contributed by atoms with van der Waals surface area (Å²) in [5, 5.41) is 0. The molecule has 0 unspecified atom stereocenters. The largest absolute Gasteiger partial charge is 0.341 e. The highest BCUT2D eigenvalue weighted by Crippen LogP contribution is 2.26. The quantitative estimate of drug-likeness (QED) is 0.285. The Hall–Kier alpha value is -3.37. The van der Waals surface area contributed by atoms with Crippen molar-refractivity contribution in [1.29, 1.82) is 0 Å². The van der Waals surface area contributed by atoms with Crippen LogP contribution in [0.2, 0.25) is 0 Å². The predicted molar refractivity (Wildman–Crippen MR) is 138 cm³/mol. The monoisotopic (exact) mass is 440 g/mol. The summed E-state index contributed by atoms with van der Waals surface area (Å²) < 4.78 is 13.0. The molecule has 0 saturated carbocycles. The Kier molecular flexibility index (Phi) is 7.72. The van der Waals surface area contributed by atoms with Crippen molar-refractivity contribution in [2.24, 2.45) is 0 Å². The lowest BCUT2D eigenvalue weighted by molar-refractivity contribution is 0.681. The summed E-state index contributed by atoms with van der Waals surface area (Å²) in [7, 11) is -0.940. The zero-order valence-electron chi connectivity index (χ0n) is 18.1. The second-order valence-electron chi connectivity index (χ2n) is 7.49. The van der Waals surface area contributed by atoms with Crippen LogP contribution < -0.4 is 9.80 Å². The van der Waals surface area contributed by atoms with Gasteiger partial charge in [0.1, 0.15) is 0 Å². The summed E-state index contributed by atoms with van der Waals surface area (Å²) >= 11 is 0. The topological polar surface area (TPSA) is 23.6 Å². The molecule has 0 N–H and O–H groups in total. The number of hydrogen-bond donors (Lipinski definition) is 0. The van der Waals surface area contributed by atoms with Crippen LogP contribution in [-0.4, -0.2) is 28.8 Å². The first-order chi connectivity index (χ1) is 15.8. The maximum atomic E-state index is 13.0. The minimum Gasteiger partial charge on any atom is -0.341 e. The number of para-hydroxylation sites is 4. The van der Waals surface area contributed by atoms with Crippen molar-refractivity contribution in [3.05, 3.63) is 121 Å². The fourth-order valence-corrected chi connectivity index (χ4v) is 4.71. The Balaban J connectivity index is 1.43. The smallest absolute Gasteiger partial charge is 0.0415 e. The van der Waals surface area contributed by atoms with Gasteiger partial charge in [-0.3, -0.25) is 4.21 Å². The highest BCUT2D eigenvalue weighted by Gasteiger charge is 2.13. The Bertz CT molecular complexity index is 921. The Labute approximate surface area is 193 Å². The van der Waals surface area contributed by atoms with Crippen LogP contribution in [0.1, 0.15) is 0 Å². The van der Waals surface area contributed by atoms with Gasteiger partial charge in [-0.2, -0.15) is 0 Å². The minimum atomic E-state index is -0.940. The zero-order valence-corrected chi connectivity index (χ0v) is 18.9. The van der Waals surface area contributed by atoms with Crippen molar-refractivity contribution in [1.82, 2.24) is 0 Å². The first-order valence-electron chi connectivity index (χ1n) is 10.9. The van der Waals surface area contributed by atoms with Crippen LogP contribution in [-0.2, 0) is 10.8 Å². The fraction of sp³-hybridized carbons (Fsp3) is 0.143. The second kappa shape index (κ2) is 11.3. The summed E-state index contributed by atoms with van der Waals surface area (Å²) in [6, 6.07) is 41.2. The standard InChI is InChI=1S/C28H28N2OS/c31-32(23-21-29(25-13-5-1-6-14-25)26-15-7-2-8-16-26)24-22-30(27-17-9-3-10-18-27)28-19-11-4-12-20-28/h1-20H,21-24H2. The average molecular weight is 441 g/mol. The van der Waals surface area contributed by atoms with Gasteiger partial charge in [0.25, 0.3) is 0 Å². The zero-order chi connectivity index (χ0) is 22.0. The fourth-order valence-electron chi connectivity index (χ4n) is 3.73. The molecule has 0 spiro atoms. The summed E-state index contributed by atoms with van der Waals surface area (Å²) in [4.78, 5) is 4.48. The van der Waals surface area contributed by atoms with E-state index in [4.69, 9.17) is 0 Å².